The normalized spacial score (nSPS) is 12.4. The molecule has 0 amide bonds. The molecule has 1 aromatic heterocycles. The number of aliphatic hydroxyl groups excluding tert-OH is 1. The van der Waals surface area contributed by atoms with Crippen molar-refractivity contribution in [2.45, 2.75) is 12.5 Å². The Bertz CT molecular complexity index is 458. The van der Waals surface area contributed by atoms with Crippen LogP contribution in [0.25, 0.3) is 0 Å². The Labute approximate surface area is 113 Å². The number of benzene rings is 1. The predicted octanol–water partition coefficient (Wildman–Crippen LogP) is 4.05. The number of hydrogen-bond acceptors (Lipinski definition) is 3. The minimum absolute atomic E-state index is 0.366. The summed E-state index contributed by atoms with van der Waals surface area (Å²) in [6.45, 7) is 0.759. The van der Waals surface area contributed by atoms with Gasteiger partial charge in [-0.1, -0.05) is 28.1 Å². The second-order valence-corrected chi connectivity index (χ2v) is 5.65. The van der Waals surface area contributed by atoms with Gasteiger partial charge in [-0.25, -0.2) is 0 Å². The molecule has 0 fully saturated rings. The Kier molecular flexibility index (Phi) is 4.59. The second kappa shape index (κ2) is 6.19. The molecular weight excluding hydrogens is 298 g/mol. The van der Waals surface area contributed by atoms with Crippen LogP contribution in [-0.4, -0.2) is 11.7 Å². The highest BCUT2D eigenvalue weighted by Crippen LogP contribution is 2.22. The molecule has 0 aliphatic rings. The molecule has 0 saturated carbocycles. The van der Waals surface area contributed by atoms with Gasteiger partial charge in [-0.3, -0.25) is 0 Å². The zero-order valence-corrected chi connectivity index (χ0v) is 11.7. The quantitative estimate of drug-likeness (QED) is 0.873. The SMILES string of the molecule is OC(CCNc1cccc(Br)c1)c1cccs1. The Morgan fingerprint density at radius 2 is 2.18 bits per heavy atom. The van der Waals surface area contributed by atoms with Crippen molar-refractivity contribution in [2.24, 2.45) is 0 Å². The van der Waals surface area contributed by atoms with E-state index in [1.54, 1.807) is 11.3 Å². The molecule has 0 radical (unpaired) electrons. The van der Waals surface area contributed by atoms with E-state index in [2.05, 4.69) is 21.2 Å². The van der Waals surface area contributed by atoms with Gasteiger partial charge >= 0.3 is 0 Å². The fraction of sp³-hybridized carbons (Fsp3) is 0.231. The van der Waals surface area contributed by atoms with Crippen LogP contribution < -0.4 is 5.32 Å². The molecule has 1 heterocycles. The highest BCUT2D eigenvalue weighted by molar-refractivity contribution is 9.10. The molecule has 4 heteroatoms. The lowest BCUT2D eigenvalue weighted by atomic mass is 10.2. The molecule has 17 heavy (non-hydrogen) atoms. The van der Waals surface area contributed by atoms with E-state index >= 15 is 0 Å². The Morgan fingerprint density at radius 1 is 1.29 bits per heavy atom. The smallest absolute Gasteiger partial charge is 0.0898 e. The summed E-state index contributed by atoms with van der Waals surface area (Å²) in [5.74, 6) is 0. The third kappa shape index (κ3) is 3.84. The molecule has 0 aliphatic carbocycles. The molecule has 0 aliphatic heterocycles. The van der Waals surface area contributed by atoms with Crippen LogP contribution >= 0.6 is 27.3 Å². The molecule has 0 bridgehead atoms. The van der Waals surface area contributed by atoms with Crippen molar-refractivity contribution in [3.8, 4) is 0 Å². The maximum absolute atomic E-state index is 9.90. The first-order valence-corrected chi connectivity index (χ1v) is 7.14. The summed E-state index contributed by atoms with van der Waals surface area (Å²) in [7, 11) is 0. The Balaban J connectivity index is 1.80. The van der Waals surface area contributed by atoms with Crippen molar-refractivity contribution in [3.05, 3.63) is 51.1 Å². The number of thiophene rings is 1. The van der Waals surface area contributed by atoms with Crippen LogP contribution in [0.5, 0.6) is 0 Å². The van der Waals surface area contributed by atoms with E-state index < -0.39 is 0 Å². The molecule has 2 N–H and O–H groups in total. The minimum Gasteiger partial charge on any atom is -0.388 e. The maximum atomic E-state index is 9.90. The zero-order chi connectivity index (χ0) is 12.1. The van der Waals surface area contributed by atoms with Gasteiger partial charge in [0.2, 0.25) is 0 Å². The average molecular weight is 312 g/mol. The number of aliphatic hydroxyl groups is 1. The van der Waals surface area contributed by atoms with Crippen LogP contribution in [0.1, 0.15) is 17.4 Å². The van der Waals surface area contributed by atoms with E-state index in [0.717, 1.165) is 21.6 Å². The average Bonchev–Trinajstić information content (AvgIpc) is 2.82. The highest BCUT2D eigenvalue weighted by Gasteiger charge is 2.07. The third-order valence-electron chi connectivity index (χ3n) is 2.44. The number of hydrogen-bond donors (Lipinski definition) is 2. The van der Waals surface area contributed by atoms with Crippen LogP contribution in [-0.2, 0) is 0 Å². The number of nitrogens with one attached hydrogen (secondary N) is 1. The number of anilines is 1. The van der Waals surface area contributed by atoms with Gasteiger partial charge in [-0.2, -0.15) is 0 Å². The molecule has 1 unspecified atom stereocenters. The fourth-order valence-electron chi connectivity index (χ4n) is 1.57. The first-order chi connectivity index (χ1) is 8.25. The first kappa shape index (κ1) is 12.6. The van der Waals surface area contributed by atoms with Crippen molar-refractivity contribution >= 4 is 33.0 Å². The third-order valence-corrected chi connectivity index (χ3v) is 3.91. The zero-order valence-electron chi connectivity index (χ0n) is 9.27. The molecule has 2 aromatic rings. The van der Waals surface area contributed by atoms with Crippen LogP contribution in [0.15, 0.2) is 46.3 Å². The lowest BCUT2D eigenvalue weighted by molar-refractivity contribution is 0.175. The first-order valence-electron chi connectivity index (χ1n) is 5.46. The van der Waals surface area contributed by atoms with Gasteiger partial charge in [0, 0.05) is 21.6 Å². The molecule has 2 rings (SSSR count). The topological polar surface area (TPSA) is 32.3 Å². The van der Waals surface area contributed by atoms with E-state index in [-0.39, 0.29) is 6.10 Å². The van der Waals surface area contributed by atoms with Gasteiger partial charge in [0.25, 0.3) is 0 Å². The van der Waals surface area contributed by atoms with Gasteiger partial charge in [0.15, 0.2) is 0 Å². The van der Waals surface area contributed by atoms with Crippen LogP contribution in [0, 0.1) is 0 Å². The predicted molar refractivity (Wildman–Crippen MR) is 76.5 cm³/mol. The summed E-state index contributed by atoms with van der Waals surface area (Å²) in [5, 5.41) is 15.2. The van der Waals surface area contributed by atoms with E-state index in [1.807, 2.05) is 41.8 Å². The van der Waals surface area contributed by atoms with Crippen LogP contribution in [0.3, 0.4) is 0 Å². The van der Waals surface area contributed by atoms with Gasteiger partial charge in [0.1, 0.15) is 0 Å². The van der Waals surface area contributed by atoms with Crippen molar-refractivity contribution < 1.29 is 5.11 Å². The summed E-state index contributed by atoms with van der Waals surface area (Å²) in [5.41, 5.74) is 1.07. The largest absolute Gasteiger partial charge is 0.388 e. The molecule has 90 valence electrons. The monoisotopic (exact) mass is 311 g/mol. The Morgan fingerprint density at radius 3 is 2.88 bits per heavy atom. The maximum Gasteiger partial charge on any atom is 0.0898 e. The van der Waals surface area contributed by atoms with Crippen molar-refractivity contribution in [2.75, 3.05) is 11.9 Å². The molecule has 2 nitrogen and oxygen atoms in total. The molecule has 0 saturated heterocycles. The van der Waals surface area contributed by atoms with Crippen LogP contribution in [0.4, 0.5) is 5.69 Å². The van der Waals surface area contributed by atoms with Crippen LogP contribution in [0.2, 0.25) is 0 Å². The van der Waals surface area contributed by atoms with Crippen molar-refractivity contribution in [1.29, 1.82) is 0 Å². The summed E-state index contributed by atoms with van der Waals surface area (Å²) in [4.78, 5) is 1.03. The van der Waals surface area contributed by atoms with Crippen molar-refractivity contribution in [1.82, 2.24) is 0 Å². The second-order valence-electron chi connectivity index (χ2n) is 3.76. The highest BCUT2D eigenvalue weighted by atomic mass is 79.9. The summed E-state index contributed by atoms with van der Waals surface area (Å²) in [6, 6.07) is 12.0. The van der Waals surface area contributed by atoms with Crippen molar-refractivity contribution in [3.63, 3.8) is 0 Å². The van der Waals surface area contributed by atoms with Gasteiger partial charge in [-0.05, 0) is 36.1 Å². The lowest BCUT2D eigenvalue weighted by Gasteiger charge is -2.10. The van der Waals surface area contributed by atoms with Gasteiger partial charge in [-0.15, -0.1) is 11.3 Å². The fourth-order valence-corrected chi connectivity index (χ4v) is 2.72. The minimum atomic E-state index is -0.366. The number of rotatable bonds is 5. The molecule has 1 atom stereocenters. The lowest BCUT2D eigenvalue weighted by Crippen LogP contribution is -2.06. The van der Waals surface area contributed by atoms with E-state index in [0.29, 0.717) is 6.42 Å². The standard InChI is InChI=1S/C13H14BrNOS/c14-10-3-1-4-11(9-10)15-7-6-12(16)13-5-2-8-17-13/h1-5,8-9,12,15-16H,6-7H2. The molecular formula is C13H14BrNOS. The summed E-state index contributed by atoms with van der Waals surface area (Å²) >= 11 is 5.02. The van der Waals surface area contributed by atoms with E-state index in [1.165, 1.54) is 0 Å². The number of halogens is 1. The molecule has 1 aromatic carbocycles. The van der Waals surface area contributed by atoms with E-state index in [4.69, 9.17) is 0 Å². The van der Waals surface area contributed by atoms with Gasteiger partial charge < -0.3 is 10.4 Å². The Hall–Kier alpha value is -0.840. The molecule has 0 spiro atoms. The summed E-state index contributed by atoms with van der Waals surface area (Å²) in [6.07, 6.45) is 0.349. The van der Waals surface area contributed by atoms with Gasteiger partial charge in [0.05, 0.1) is 6.10 Å². The summed E-state index contributed by atoms with van der Waals surface area (Å²) < 4.78 is 1.06. The van der Waals surface area contributed by atoms with E-state index in [9.17, 15) is 5.11 Å².